The third kappa shape index (κ3) is 6.68. The van der Waals surface area contributed by atoms with Crippen LogP contribution in [-0.2, 0) is 22.3 Å². The zero-order chi connectivity index (χ0) is 22.3. The average molecular weight is 436 g/mol. The minimum atomic E-state index is -4.44. The fourth-order valence-corrected chi connectivity index (χ4v) is 3.29. The Kier molecular flexibility index (Phi) is 7.45. The minimum absolute atomic E-state index is 0.0995. The Morgan fingerprint density at radius 2 is 2.13 bits per heavy atom. The highest BCUT2D eigenvalue weighted by Gasteiger charge is 2.33. The van der Waals surface area contributed by atoms with Gasteiger partial charge in [0.05, 0.1) is 30.8 Å². The Balaban J connectivity index is 1.54. The van der Waals surface area contributed by atoms with E-state index in [-0.39, 0.29) is 37.9 Å². The molecule has 10 heteroatoms. The smallest absolute Gasteiger partial charge is 0.416 e. The molecule has 0 aliphatic carbocycles. The van der Waals surface area contributed by atoms with E-state index >= 15 is 0 Å². The number of aromatic nitrogens is 1. The van der Waals surface area contributed by atoms with E-state index in [2.05, 4.69) is 15.6 Å². The molecule has 2 amide bonds. The lowest BCUT2D eigenvalue weighted by Gasteiger charge is -2.34. The Hall–Kier alpha value is -3.14. The number of rotatable bonds is 8. The van der Waals surface area contributed by atoms with Gasteiger partial charge in [0.25, 0.3) is 0 Å². The SMILES string of the molecule is O=C(CC1C(=O)NCCN1Cc1cccc(C(F)(F)F)c1)NCCOc1cccnc1. The standard InChI is InChI=1S/C21H23F3N4O3/c22-21(23,24)16-4-1-3-15(11-16)14-28-9-7-27-20(30)18(28)12-19(29)26-8-10-31-17-5-2-6-25-13-17/h1-6,11,13,18H,7-10,12,14H2,(H,26,29)(H,27,30). The summed E-state index contributed by atoms with van der Waals surface area (Å²) in [6, 6.07) is 7.70. The monoisotopic (exact) mass is 436 g/mol. The van der Waals surface area contributed by atoms with E-state index in [1.807, 2.05) is 0 Å². The summed E-state index contributed by atoms with van der Waals surface area (Å²) < 4.78 is 44.4. The van der Waals surface area contributed by atoms with Crippen LogP contribution in [0.5, 0.6) is 5.75 Å². The van der Waals surface area contributed by atoms with Crippen LogP contribution in [0.3, 0.4) is 0 Å². The average Bonchev–Trinajstić information content (AvgIpc) is 2.74. The molecule has 1 aliphatic rings. The van der Waals surface area contributed by atoms with Crippen molar-refractivity contribution < 1.29 is 27.5 Å². The molecule has 31 heavy (non-hydrogen) atoms. The number of carbonyl (C=O) groups excluding carboxylic acids is 2. The van der Waals surface area contributed by atoms with Crippen molar-refractivity contribution in [1.82, 2.24) is 20.5 Å². The molecular formula is C21H23F3N4O3. The number of hydrogen-bond acceptors (Lipinski definition) is 5. The maximum atomic E-state index is 13.0. The van der Waals surface area contributed by atoms with Crippen LogP contribution < -0.4 is 15.4 Å². The van der Waals surface area contributed by atoms with E-state index in [0.717, 1.165) is 12.1 Å². The number of amides is 2. The molecule has 1 aliphatic heterocycles. The molecule has 1 unspecified atom stereocenters. The lowest BCUT2D eigenvalue weighted by Crippen LogP contribution is -2.56. The highest BCUT2D eigenvalue weighted by Crippen LogP contribution is 2.30. The number of halogens is 3. The van der Waals surface area contributed by atoms with Crippen molar-refractivity contribution in [3.8, 4) is 5.75 Å². The summed E-state index contributed by atoms with van der Waals surface area (Å²) in [4.78, 5) is 30.3. The molecule has 1 atom stereocenters. The molecule has 0 radical (unpaired) electrons. The van der Waals surface area contributed by atoms with Gasteiger partial charge in [0.1, 0.15) is 12.4 Å². The molecule has 166 valence electrons. The van der Waals surface area contributed by atoms with Crippen molar-refractivity contribution in [2.75, 3.05) is 26.2 Å². The molecule has 1 aromatic heterocycles. The van der Waals surface area contributed by atoms with E-state index in [1.165, 1.54) is 6.07 Å². The Labute approximate surface area is 177 Å². The first-order valence-corrected chi connectivity index (χ1v) is 9.80. The number of carbonyl (C=O) groups is 2. The Morgan fingerprint density at radius 3 is 2.87 bits per heavy atom. The molecule has 1 fully saturated rings. The van der Waals surface area contributed by atoms with Gasteiger partial charge < -0.3 is 15.4 Å². The molecule has 0 bridgehead atoms. The normalized spacial score (nSPS) is 17.1. The largest absolute Gasteiger partial charge is 0.490 e. The molecule has 1 saturated heterocycles. The molecule has 2 N–H and O–H groups in total. The van der Waals surface area contributed by atoms with Gasteiger partial charge in [0.15, 0.2) is 0 Å². The third-order valence-electron chi connectivity index (χ3n) is 4.79. The second-order valence-corrected chi connectivity index (χ2v) is 7.07. The van der Waals surface area contributed by atoms with Crippen LogP contribution >= 0.6 is 0 Å². The van der Waals surface area contributed by atoms with Crippen molar-refractivity contribution in [2.24, 2.45) is 0 Å². The number of nitrogens with one attached hydrogen (secondary N) is 2. The highest BCUT2D eigenvalue weighted by atomic mass is 19.4. The third-order valence-corrected chi connectivity index (χ3v) is 4.79. The molecule has 3 rings (SSSR count). The Morgan fingerprint density at radius 1 is 1.29 bits per heavy atom. The molecule has 0 spiro atoms. The number of alkyl halides is 3. The van der Waals surface area contributed by atoms with Crippen LogP contribution in [0.1, 0.15) is 17.5 Å². The van der Waals surface area contributed by atoms with E-state index in [1.54, 1.807) is 35.5 Å². The number of nitrogens with zero attached hydrogens (tertiary/aromatic N) is 2. The van der Waals surface area contributed by atoms with Gasteiger partial charge in [-0.2, -0.15) is 13.2 Å². The van der Waals surface area contributed by atoms with Crippen LogP contribution in [0.15, 0.2) is 48.8 Å². The fourth-order valence-electron chi connectivity index (χ4n) is 3.29. The van der Waals surface area contributed by atoms with Gasteiger partial charge in [-0.1, -0.05) is 18.2 Å². The van der Waals surface area contributed by atoms with Crippen LogP contribution in [0.25, 0.3) is 0 Å². The van der Waals surface area contributed by atoms with Crippen molar-refractivity contribution >= 4 is 11.8 Å². The maximum Gasteiger partial charge on any atom is 0.416 e. The Bertz CT molecular complexity index is 893. The highest BCUT2D eigenvalue weighted by molar-refractivity contribution is 5.88. The van der Waals surface area contributed by atoms with Gasteiger partial charge in [-0.3, -0.25) is 19.5 Å². The topological polar surface area (TPSA) is 83.6 Å². The summed E-state index contributed by atoms with van der Waals surface area (Å²) in [5.41, 5.74) is -0.311. The first-order chi connectivity index (χ1) is 14.8. The van der Waals surface area contributed by atoms with E-state index < -0.39 is 17.8 Å². The fraction of sp³-hybridized carbons (Fsp3) is 0.381. The molecule has 7 nitrogen and oxygen atoms in total. The predicted molar refractivity (Wildman–Crippen MR) is 106 cm³/mol. The number of benzene rings is 1. The van der Waals surface area contributed by atoms with Gasteiger partial charge in [0.2, 0.25) is 11.8 Å². The van der Waals surface area contributed by atoms with Gasteiger partial charge >= 0.3 is 6.18 Å². The lowest BCUT2D eigenvalue weighted by molar-refractivity contribution is -0.137. The summed E-state index contributed by atoms with van der Waals surface area (Å²) in [7, 11) is 0. The zero-order valence-electron chi connectivity index (χ0n) is 16.7. The predicted octanol–water partition coefficient (Wildman–Crippen LogP) is 1.99. The molecule has 2 heterocycles. The van der Waals surface area contributed by atoms with E-state index in [9.17, 15) is 22.8 Å². The van der Waals surface area contributed by atoms with E-state index in [4.69, 9.17) is 4.74 Å². The maximum absolute atomic E-state index is 13.0. The number of hydrogen-bond donors (Lipinski definition) is 2. The summed E-state index contributed by atoms with van der Waals surface area (Å²) in [6.07, 6.45) is -1.36. The molecule has 2 aromatic rings. The number of pyridine rings is 1. The van der Waals surface area contributed by atoms with Gasteiger partial charge in [0, 0.05) is 25.8 Å². The van der Waals surface area contributed by atoms with Gasteiger partial charge in [-0.15, -0.1) is 0 Å². The van der Waals surface area contributed by atoms with Crippen molar-refractivity contribution in [3.63, 3.8) is 0 Å². The zero-order valence-corrected chi connectivity index (χ0v) is 16.7. The summed E-state index contributed by atoms with van der Waals surface area (Å²) in [6.45, 7) is 1.43. The molecule has 1 aromatic carbocycles. The van der Waals surface area contributed by atoms with Crippen LogP contribution in [0.2, 0.25) is 0 Å². The number of ether oxygens (including phenoxy) is 1. The first kappa shape index (κ1) is 22.5. The first-order valence-electron chi connectivity index (χ1n) is 9.80. The van der Waals surface area contributed by atoms with Crippen LogP contribution in [-0.4, -0.2) is 54.0 Å². The van der Waals surface area contributed by atoms with Gasteiger partial charge in [-0.05, 0) is 23.8 Å². The molecule has 0 saturated carbocycles. The molecular weight excluding hydrogens is 413 g/mol. The summed E-state index contributed by atoms with van der Waals surface area (Å²) in [5, 5.41) is 5.40. The summed E-state index contributed by atoms with van der Waals surface area (Å²) in [5.74, 6) is -0.0819. The lowest BCUT2D eigenvalue weighted by atomic mass is 10.1. The van der Waals surface area contributed by atoms with Crippen LogP contribution in [0.4, 0.5) is 13.2 Å². The second-order valence-electron chi connectivity index (χ2n) is 7.07. The van der Waals surface area contributed by atoms with E-state index in [0.29, 0.717) is 24.4 Å². The summed E-state index contributed by atoms with van der Waals surface area (Å²) >= 11 is 0. The van der Waals surface area contributed by atoms with Crippen molar-refractivity contribution in [3.05, 3.63) is 59.9 Å². The minimum Gasteiger partial charge on any atom is -0.490 e. The van der Waals surface area contributed by atoms with Crippen molar-refractivity contribution in [1.29, 1.82) is 0 Å². The van der Waals surface area contributed by atoms with Gasteiger partial charge in [-0.25, -0.2) is 0 Å². The second kappa shape index (κ2) is 10.3. The van der Waals surface area contributed by atoms with Crippen molar-refractivity contribution in [2.45, 2.75) is 25.2 Å². The van der Waals surface area contributed by atoms with Crippen LogP contribution in [0, 0.1) is 0 Å². The number of piperazine rings is 1. The quantitative estimate of drug-likeness (QED) is 0.619.